The van der Waals surface area contributed by atoms with Crippen molar-refractivity contribution in [3.8, 4) is 11.5 Å². The number of hydrogen-bond donors (Lipinski definition) is 1. The molecule has 1 atom stereocenters. The monoisotopic (exact) mass is 356 g/mol. The molecule has 0 bridgehead atoms. The van der Waals surface area contributed by atoms with Crippen LogP contribution in [0, 0.1) is 0 Å². The first-order valence-electron chi connectivity index (χ1n) is 8.89. The number of amides is 1. The molecular formula is C21H28N2O3. The summed E-state index contributed by atoms with van der Waals surface area (Å²) in [5.74, 6) is 1.30. The third-order valence-corrected chi connectivity index (χ3v) is 4.05. The molecule has 0 unspecified atom stereocenters. The molecule has 2 rings (SSSR count). The highest BCUT2D eigenvalue weighted by molar-refractivity contribution is 5.80. The average Bonchev–Trinajstić information content (AvgIpc) is 2.66. The standard InChI is InChI=1S/C21H28N2O3/c1-17(26-20-12-10-19(25-3)11-13-20)21(24)22-14-7-15-23(2)16-18-8-5-4-6-9-18/h4-6,8-13,17H,7,14-16H2,1-3H3,(H,22,24)/t17-/m1/s1. The van der Waals surface area contributed by atoms with Crippen LogP contribution in [0.15, 0.2) is 54.6 Å². The van der Waals surface area contributed by atoms with Gasteiger partial charge in [0.2, 0.25) is 0 Å². The number of ether oxygens (including phenoxy) is 2. The van der Waals surface area contributed by atoms with Gasteiger partial charge in [-0.1, -0.05) is 30.3 Å². The lowest BCUT2D eigenvalue weighted by Crippen LogP contribution is -2.37. The molecule has 140 valence electrons. The van der Waals surface area contributed by atoms with E-state index in [1.165, 1.54) is 5.56 Å². The highest BCUT2D eigenvalue weighted by Crippen LogP contribution is 2.18. The second kappa shape index (κ2) is 10.5. The van der Waals surface area contributed by atoms with Crippen molar-refractivity contribution in [2.45, 2.75) is 26.0 Å². The zero-order chi connectivity index (χ0) is 18.8. The van der Waals surface area contributed by atoms with Crippen LogP contribution >= 0.6 is 0 Å². The van der Waals surface area contributed by atoms with Gasteiger partial charge in [0.05, 0.1) is 7.11 Å². The van der Waals surface area contributed by atoms with E-state index in [1.54, 1.807) is 26.2 Å². The van der Waals surface area contributed by atoms with Crippen molar-refractivity contribution >= 4 is 5.91 Å². The van der Waals surface area contributed by atoms with Crippen LogP contribution in [-0.4, -0.2) is 44.2 Å². The maximum absolute atomic E-state index is 12.1. The van der Waals surface area contributed by atoms with Crippen molar-refractivity contribution in [1.82, 2.24) is 10.2 Å². The Hall–Kier alpha value is -2.53. The molecule has 0 aromatic heterocycles. The van der Waals surface area contributed by atoms with E-state index >= 15 is 0 Å². The van der Waals surface area contributed by atoms with Crippen LogP contribution in [0.25, 0.3) is 0 Å². The van der Waals surface area contributed by atoms with Crippen molar-refractivity contribution in [2.75, 3.05) is 27.2 Å². The summed E-state index contributed by atoms with van der Waals surface area (Å²) >= 11 is 0. The quantitative estimate of drug-likeness (QED) is 0.665. The van der Waals surface area contributed by atoms with E-state index < -0.39 is 6.10 Å². The van der Waals surface area contributed by atoms with E-state index in [4.69, 9.17) is 9.47 Å². The molecule has 0 aliphatic heterocycles. The Morgan fingerprint density at radius 1 is 1.08 bits per heavy atom. The Kier molecular flexibility index (Phi) is 7.96. The van der Waals surface area contributed by atoms with Gasteiger partial charge in [0.15, 0.2) is 6.10 Å². The summed E-state index contributed by atoms with van der Waals surface area (Å²) in [6.45, 7) is 4.21. The summed E-state index contributed by atoms with van der Waals surface area (Å²) in [5, 5.41) is 2.93. The smallest absolute Gasteiger partial charge is 0.260 e. The van der Waals surface area contributed by atoms with Crippen LogP contribution < -0.4 is 14.8 Å². The molecule has 0 saturated carbocycles. The number of rotatable bonds is 10. The Bertz CT molecular complexity index is 659. The van der Waals surface area contributed by atoms with Gasteiger partial charge in [0.25, 0.3) is 5.91 Å². The lowest BCUT2D eigenvalue weighted by Gasteiger charge is -2.18. The van der Waals surface area contributed by atoms with Crippen molar-refractivity contribution in [3.63, 3.8) is 0 Å². The predicted molar refractivity (Wildman–Crippen MR) is 103 cm³/mol. The van der Waals surface area contributed by atoms with Gasteiger partial charge < -0.3 is 19.7 Å². The SMILES string of the molecule is COc1ccc(O[C@H](C)C(=O)NCCCN(C)Cc2ccccc2)cc1. The predicted octanol–water partition coefficient (Wildman–Crippen LogP) is 3.10. The number of hydrogen-bond acceptors (Lipinski definition) is 4. The van der Waals surface area contributed by atoms with Gasteiger partial charge in [-0.15, -0.1) is 0 Å². The van der Waals surface area contributed by atoms with Gasteiger partial charge in [0.1, 0.15) is 11.5 Å². The highest BCUT2D eigenvalue weighted by atomic mass is 16.5. The van der Waals surface area contributed by atoms with Gasteiger partial charge in [-0.05, 0) is 56.8 Å². The number of nitrogens with zero attached hydrogens (tertiary/aromatic N) is 1. The zero-order valence-corrected chi connectivity index (χ0v) is 15.8. The van der Waals surface area contributed by atoms with Gasteiger partial charge in [-0.2, -0.15) is 0 Å². The van der Waals surface area contributed by atoms with E-state index in [0.29, 0.717) is 12.3 Å². The minimum atomic E-state index is -0.537. The third kappa shape index (κ3) is 6.76. The number of carbonyl (C=O) groups excluding carboxylic acids is 1. The van der Waals surface area contributed by atoms with Crippen LogP contribution in [0.2, 0.25) is 0 Å². The molecule has 0 aliphatic rings. The fourth-order valence-corrected chi connectivity index (χ4v) is 2.59. The van der Waals surface area contributed by atoms with E-state index in [9.17, 15) is 4.79 Å². The average molecular weight is 356 g/mol. The molecule has 1 N–H and O–H groups in total. The summed E-state index contributed by atoms with van der Waals surface area (Å²) < 4.78 is 10.8. The molecule has 0 radical (unpaired) electrons. The van der Waals surface area contributed by atoms with Crippen molar-refractivity contribution < 1.29 is 14.3 Å². The van der Waals surface area contributed by atoms with E-state index in [0.717, 1.165) is 25.3 Å². The second-order valence-electron chi connectivity index (χ2n) is 6.30. The van der Waals surface area contributed by atoms with E-state index in [2.05, 4.69) is 29.4 Å². The normalized spacial score (nSPS) is 11.8. The number of methoxy groups -OCH3 is 1. The van der Waals surface area contributed by atoms with E-state index in [1.807, 2.05) is 30.3 Å². The van der Waals surface area contributed by atoms with Gasteiger partial charge in [-0.25, -0.2) is 0 Å². The van der Waals surface area contributed by atoms with Crippen LogP contribution in [0.3, 0.4) is 0 Å². The van der Waals surface area contributed by atoms with Gasteiger partial charge in [0, 0.05) is 13.1 Å². The Balaban J connectivity index is 1.64. The van der Waals surface area contributed by atoms with Crippen molar-refractivity contribution in [2.24, 2.45) is 0 Å². The summed E-state index contributed by atoms with van der Waals surface area (Å²) in [6.07, 6.45) is 0.357. The fraction of sp³-hybridized carbons (Fsp3) is 0.381. The second-order valence-corrected chi connectivity index (χ2v) is 6.30. The largest absolute Gasteiger partial charge is 0.497 e. The first-order chi connectivity index (χ1) is 12.6. The maximum atomic E-state index is 12.1. The summed E-state index contributed by atoms with van der Waals surface area (Å²) in [6, 6.07) is 17.6. The minimum Gasteiger partial charge on any atom is -0.497 e. The molecular weight excluding hydrogens is 328 g/mol. The summed E-state index contributed by atoms with van der Waals surface area (Å²) in [7, 11) is 3.70. The molecule has 0 heterocycles. The van der Waals surface area contributed by atoms with E-state index in [-0.39, 0.29) is 5.91 Å². The molecule has 2 aromatic rings. The first-order valence-corrected chi connectivity index (χ1v) is 8.89. The lowest BCUT2D eigenvalue weighted by molar-refractivity contribution is -0.127. The number of benzene rings is 2. The highest BCUT2D eigenvalue weighted by Gasteiger charge is 2.14. The molecule has 0 saturated heterocycles. The topological polar surface area (TPSA) is 50.8 Å². The molecule has 0 fully saturated rings. The fourth-order valence-electron chi connectivity index (χ4n) is 2.59. The first kappa shape index (κ1) is 19.8. The molecule has 0 aliphatic carbocycles. The molecule has 5 nitrogen and oxygen atoms in total. The van der Waals surface area contributed by atoms with Crippen LogP contribution in [0.4, 0.5) is 0 Å². The summed E-state index contributed by atoms with van der Waals surface area (Å²) in [5.41, 5.74) is 1.29. The van der Waals surface area contributed by atoms with Crippen LogP contribution in [0.5, 0.6) is 11.5 Å². The molecule has 1 amide bonds. The minimum absolute atomic E-state index is 0.105. The van der Waals surface area contributed by atoms with Gasteiger partial charge in [-0.3, -0.25) is 4.79 Å². The van der Waals surface area contributed by atoms with Crippen LogP contribution in [-0.2, 0) is 11.3 Å². The Labute approximate surface area is 155 Å². The Morgan fingerprint density at radius 2 is 1.73 bits per heavy atom. The third-order valence-electron chi connectivity index (χ3n) is 4.05. The molecule has 26 heavy (non-hydrogen) atoms. The molecule has 0 spiro atoms. The Morgan fingerprint density at radius 3 is 2.38 bits per heavy atom. The number of carbonyl (C=O) groups is 1. The van der Waals surface area contributed by atoms with Crippen LogP contribution in [0.1, 0.15) is 18.9 Å². The van der Waals surface area contributed by atoms with Crippen molar-refractivity contribution in [3.05, 3.63) is 60.2 Å². The molecule has 2 aromatic carbocycles. The van der Waals surface area contributed by atoms with Crippen molar-refractivity contribution in [1.29, 1.82) is 0 Å². The summed E-state index contributed by atoms with van der Waals surface area (Å²) in [4.78, 5) is 14.4. The van der Waals surface area contributed by atoms with Gasteiger partial charge >= 0.3 is 0 Å². The lowest BCUT2D eigenvalue weighted by atomic mass is 10.2. The number of nitrogens with one attached hydrogen (secondary N) is 1. The molecule has 5 heteroatoms. The maximum Gasteiger partial charge on any atom is 0.260 e. The zero-order valence-electron chi connectivity index (χ0n) is 15.8.